The summed E-state index contributed by atoms with van der Waals surface area (Å²) in [5, 5.41) is 41.3. The molecule has 0 aliphatic carbocycles. The van der Waals surface area contributed by atoms with Crippen molar-refractivity contribution in [1.82, 2.24) is 5.32 Å². The summed E-state index contributed by atoms with van der Waals surface area (Å²) in [5.41, 5.74) is 0.702. The second-order valence-electron chi connectivity index (χ2n) is 5.75. The molecule has 2 atom stereocenters. The third-order valence-corrected chi connectivity index (χ3v) is 4.93. The number of nitro benzene ring substituents is 1. The number of sulfonamides is 1. The minimum absolute atomic E-state index is 0.0567. The van der Waals surface area contributed by atoms with Gasteiger partial charge in [0, 0.05) is 17.8 Å². The van der Waals surface area contributed by atoms with Gasteiger partial charge in [0.1, 0.15) is 6.10 Å². The number of nitrogens with zero attached hydrogens (tertiary/aromatic N) is 1. The van der Waals surface area contributed by atoms with Crippen LogP contribution in [0.2, 0.25) is 0 Å². The highest BCUT2D eigenvalue weighted by Gasteiger charge is 2.22. The van der Waals surface area contributed by atoms with Crippen LogP contribution in [0.3, 0.4) is 0 Å². The Bertz CT molecular complexity index is 948. The van der Waals surface area contributed by atoms with Gasteiger partial charge in [-0.05, 0) is 54.2 Å². The fourth-order valence-electron chi connectivity index (χ4n) is 2.31. The van der Waals surface area contributed by atoms with Gasteiger partial charge in [-0.2, -0.15) is 0 Å². The molecule has 0 saturated heterocycles. The monoisotopic (exact) mass is 426 g/mol. The van der Waals surface area contributed by atoms with Gasteiger partial charge >= 0.3 is 0 Å². The lowest BCUT2D eigenvalue weighted by Crippen LogP contribution is -2.43. The van der Waals surface area contributed by atoms with Gasteiger partial charge in [-0.15, -0.1) is 0 Å². The SMILES string of the molecule is NS(=O)(=O)c1ccc(NC(=S)NC(CO)C(O)c2ccc([N+](=O)[O-])cc2)cc1. The molecule has 2 unspecified atom stereocenters. The van der Waals surface area contributed by atoms with E-state index in [1.807, 2.05) is 0 Å². The van der Waals surface area contributed by atoms with E-state index in [-0.39, 0.29) is 15.7 Å². The average Bonchev–Trinajstić information content (AvgIpc) is 2.65. The summed E-state index contributed by atoms with van der Waals surface area (Å²) >= 11 is 5.13. The van der Waals surface area contributed by atoms with Gasteiger partial charge in [0.25, 0.3) is 5.69 Å². The molecule has 0 spiro atoms. The fourth-order valence-corrected chi connectivity index (χ4v) is 3.10. The number of aliphatic hydroxyl groups excluding tert-OH is 2. The molecular weight excluding hydrogens is 408 g/mol. The summed E-state index contributed by atoms with van der Waals surface area (Å²) in [5.74, 6) is 0. The van der Waals surface area contributed by atoms with E-state index in [0.717, 1.165) is 0 Å². The van der Waals surface area contributed by atoms with Crippen molar-refractivity contribution in [2.24, 2.45) is 5.14 Å². The number of nitrogens with two attached hydrogens (primary N) is 1. The van der Waals surface area contributed by atoms with Crippen LogP contribution in [-0.4, -0.2) is 41.3 Å². The molecule has 2 aromatic carbocycles. The first-order chi connectivity index (χ1) is 13.1. The molecule has 0 radical (unpaired) electrons. The second kappa shape index (κ2) is 9.03. The molecule has 0 aromatic heterocycles. The predicted molar refractivity (Wildman–Crippen MR) is 106 cm³/mol. The van der Waals surface area contributed by atoms with Crippen molar-refractivity contribution in [2.75, 3.05) is 11.9 Å². The largest absolute Gasteiger partial charge is 0.394 e. The number of non-ortho nitro benzene ring substituents is 1. The third-order valence-electron chi connectivity index (χ3n) is 3.78. The van der Waals surface area contributed by atoms with E-state index >= 15 is 0 Å². The summed E-state index contributed by atoms with van der Waals surface area (Å²) in [7, 11) is -3.81. The molecular formula is C16H18N4O6S2. The van der Waals surface area contributed by atoms with E-state index in [4.69, 9.17) is 17.4 Å². The van der Waals surface area contributed by atoms with Crippen molar-refractivity contribution in [1.29, 1.82) is 0 Å². The van der Waals surface area contributed by atoms with E-state index in [2.05, 4.69) is 10.6 Å². The Hall–Kier alpha value is -2.64. The van der Waals surface area contributed by atoms with Crippen molar-refractivity contribution in [3.63, 3.8) is 0 Å². The predicted octanol–water partition coefficient (Wildman–Crippen LogP) is 0.623. The van der Waals surface area contributed by atoms with Gasteiger partial charge in [-0.1, -0.05) is 0 Å². The van der Waals surface area contributed by atoms with Crippen molar-refractivity contribution >= 4 is 38.7 Å². The van der Waals surface area contributed by atoms with Crippen molar-refractivity contribution < 1.29 is 23.6 Å². The molecule has 10 nitrogen and oxygen atoms in total. The van der Waals surface area contributed by atoms with Crippen LogP contribution in [-0.2, 0) is 10.0 Å². The van der Waals surface area contributed by atoms with Crippen LogP contribution >= 0.6 is 12.2 Å². The highest BCUT2D eigenvalue weighted by atomic mass is 32.2. The van der Waals surface area contributed by atoms with Crippen LogP contribution in [0, 0.1) is 10.1 Å². The summed E-state index contributed by atoms with van der Waals surface area (Å²) < 4.78 is 22.5. The maximum Gasteiger partial charge on any atom is 0.269 e. The normalized spacial score (nSPS) is 13.4. The van der Waals surface area contributed by atoms with Crippen LogP contribution < -0.4 is 15.8 Å². The zero-order valence-corrected chi connectivity index (χ0v) is 16.0. The van der Waals surface area contributed by atoms with Crippen molar-refractivity contribution in [3.05, 3.63) is 64.2 Å². The van der Waals surface area contributed by atoms with Crippen LogP contribution in [0.4, 0.5) is 11.4 Å². The molecule has 6 N–H and O–H groups in total. The molecule has 150 valence electrons. The van der Waals surface area contributed by atoms with Gasteiger partial charge in [0.15, 0.2) is 5.11 Å². The highest BCUT2D eigenvalue weighted by Crippen LogP contribution is 2.20. The first-order valence-corrected chi connectivity index (χ1v) is 9.81. The van der Waals surface area contributed by atoms with E-state index in [0.29, 0.717) is 11.3 Å². The van der Waals surface area contributed by atoms with Crippen molar-refractivity contribution in [3.8, 4) is 0 Å². The zero-order chi connectivity index (χ0) is 20.9. The Kier molecular flexibility index (Phi) is 6.99. The lowest BCUT2D eigenvalue weighted by molar-refractivity contribution is -0.384. The number of thiocarbonyl (C=S) groups is 1. The number of hydrogen-bond acceptors (Lipinski definition) is 7. The van der Waals surface area contributed by atoms with E-state index < -0.39 is 33.7 Å². The number of hydrogen-bond donors (Lipinski definition) is 5. The molecule has 0 saturated carbocycles. The Labute approximate surface area is 166 Å². The summed E-state index contributed by atoms with van der Waals surface area (Å²) in [6, 6.07) is 9.89. The topological polar surface area (TPSA) is 168 Å². The molecule has 0 heterocycles. The molecule has 2 aromatic rings. The minimum Gasteiger partial charge on any atom is -0.394 e. The Morgan fingerprint density at radius 3 is 2.21 bits per heavy atom. The fraction of sp³-hybridized carbons (Fsp3) is 0.188. The molecule has 0 fully saturated rings. The number of anilines is 1. The molecule has 0 bridgehead atoms. The van der Waals surface area contributed by atoms with E-state index in [1.165, 1.54) is 48.5 Å². The Balaban J connectivity index is 2.02. The van der Waals surface area contributed by atoms with Gasteiger partial charge in [-0.25, -0.2) is 13.6 Å². The third kappa shape index (κ3) is 5.68. The lowest BCUT2D eigenvalue weighted by Gasteiger charge is -2.24. The lowest BCUT2D eigenvalue weighted by atomic mass is 10.0. The standard InChI is InChI=1S/C16H18N4O6S2/c17-28(25,26)13-7-3-11(4-8-13)18-16(27)19-14(9-21)15(22)10-1-5-12(6-2-10)20(23)24/h1-8,14-15,21-22H,9H2,(H2,17,25,26)(H2,18,19,27). The maximum atomic E-state index is 11.2. The van der Waals surface area contributed by atoms with Gasteiger partial charge in [-0.3, -0.25) is 10.1 Å². The van der Waals surface area contributed by atoms with Gasteiger partial charge in [0.05, 0.1) is 22.5 Å². The Morgan fingerprint density at radius 1 is 1.18 bits per heavy atom. The maximum absolute atomic E-state index is 11.2. The summed E-state index contributed by atoms with van der Waals surface area (Å²) in [4.78, 5) is 10.1. The zero-order valence-electron chi connectivity index (χ0n) is 14.3. The smallest absolute Gasteiger partial charge is 0.269 e. The van der Waals surface area contributed by atoms with Gasteiger partial charge in [0.2, 0.25) is 10.0 Å². The number of aliphatic hydroxyl groups is 2. The quantitative estimate of drug-likeness (QED) is 0.242. The van der Waals surface area contributed by atoms with Crippen LogP contribution in [0.5, 0.6) is 0 Å². The molecule has 0 amide bonds. The average molecular weight is 426 g/mol. The number of nitro groups is 1. The van der Waals surface area contributed by atoms with Crippen LogP contribution in [0.15, 0.2) is 53.4 Å². The van der Waals surface area contributed by atoms with E-state index in [9.17, 15) is 28.7 Å². The molecule has 12 heteroatoms. The first kappa shape index (κ1) is 21.7. The number of primary sulfonamides is 1. The summed E-state index contributed by atoms with van der Waals surface area (Å²) in [6.07, 6.45) is -1.18. The number of benzene rings is 2. The van der Waals surface area contributed by atoms with Crippen LogP contribution in [0.1, 0.15) is 11.7 Å². The molecule has 28 heavy (non-hydrogen) atoms. The first-order valence-electron chi connectivity index (χ1n) is 7.85. The van der Waals surface area contributed by atoms with Crippen molar-refractivity contribution in [2.45, 2.75) is 17.0 Å². The van der Waals surface area contributed by atoms with Crippen LogP contribution in [0.25, 0.3) is 0 Å². The van der Waals surface area contributed by atoms with Gasteiger partial charge < -0.3 is 20.8 Å². The second-order valence-corrected chi connectivity index (χ2v) is 7.72. The number of nitrogens with one attached hydrogen (secondary N) is 2. The highest BCUT2D eigenvalue weighted by molar-refractivity contribution is 7.89. The van der Waals surface area contributed by atoms with E-state index in [1.54, 1.807) is 0 Å². The molecule has 0 aliphatic rings. The molecule has 0 aliphatic heterocycles. The summed E-state index contributed by atoms with van der Waals surface area (Å²) in [6.45, 7) is -0.468. The minimum atomic E-state index is -3.81. The number of rotatable bonds is 7. The molecule has 2 rings (SSSR count). The Morgan fingerprint density at radius 2 is 1.75 bits per heavy atom.